The zero-order valence-electron chi connectivity index (χ0n) is 10.2. The summed E-state index contributed by atoms with van der Waals surface area (Å²) in [5.41, 5.74) is 1.10. The molecule has 1 aromatic carbocycles. The molecule has 0 spiro atoms. The molecule has 0 N–H and O–H groups in total. The van der Waals surface area contributed by atoms with Crippen molar-refractivity contribution in [2.45, 2.75) is 13.8 Å². The third-order valence-electron chi connectivity index (χ3n) is 2.59. The number of ether oxygens (including phenoxy) is 1. The number of aryl methyl sites for hydroxylation is 1. The summed E-state index contributed by atoms with van der Waals surface area (Å²) in [4.78, 5) is 12.4. The fourth-order valence-electron chi connectivity index (χ4n) is 1.73. The van der Waals surface area contributed by atoms with Crippen LogP contribution in [0.5, 0.6) is 5.75 Å². The van der Waals surface area contributed by atoms with Gasteiger partial charge in [0.15, 0.2) is 5.78 Å². The summed E-state index contributed by atoms with van der Waals surface area (Å²) in [5.74, 6) is 1.11. The molecule has 0 aliphatic carbocycles. The van der Waals surface area contributed by atoms with E-state index in [0.29, 0.717) is 29.2 Å². The molecule has 18 heavy (non-hydrogen) atoms. The number of hydrogen-bond acceptors (Lipinski definition) is 3. The summed E-state index contributed by atoms with van der Waals surface area (Å²) >= 11 is 3.37. The van der Waals surface area contributed by atoms with E-state index in [1.807, 2.05) is 13.0 Å². The Hall–Kier alpha value is -1.55. The summed E-state index contributed by atoms with van der Waals surface area (Å²) in [7, 11) is 0. The van der Waals surface area contributed by atoms with Crippen molar-refractivity contribution in [3.8, 4) is 5.75 Å². The normalized spacial score (nSPS) is 10.4. The smallest absolute Gasteiger partial charge is 0.200 e. The second-order valence-electron chi connectivity index (χ2n) is 3.79. The molecule has 4 heteroatoms. The number of halogens is 1. The van der Waals surface area contributed by atoms with Gasteiger partial charge in [0.05, 0.1) is 24.0 Å². The van der Waals surface area contributed by atoms with Crippen LogP contribution in [0.1, 0.15) is 28.6 Å². The largest absolute Gasteiger partial charge is 0.493 e. The molecule has 0 bridgehead atoms. The summed E-state index contributed by atoms with van der Waals surface area (Å²) in [6.07, 6.45) is 1.51. The van der Waals surface area contributed by atoms with Gasteiger partial charge in [-0.3, -0.25) is 4.79 Å². The van der Waals surface area contributed by atoms with Gasteiger partial charge in [0, 0.05) is 4.47 Å². The van der Waals surface area contributed by atoms with E-state index in [1.165, 1.54) is 6.26 Å². The van der Waals surface area contributed by atoms with Crippen molar-refractivity contribution in [3.63, 3.8) is 0 Å². The molecule has 1 heterocycles. The van der Waals surface area contributed by atoms with Crippen molar-refractivity contribution >= 4 is 21.7 Å². The average Bonchev–Trinajstić information content (AvgIpc) is 2.77. The first-order valence-corrected chi connectivity index (χ1v) is 6.44. The van der Waals surface area contributed by atoms with Crippen LogP contribution in [0, 0.1) is 6.92 Å². The lowest BCUT2D eigenvalue weighted by molar-refractivity contribution is 0.103. The highest BCUT2D eigenvalue weighted by Gasteiger charge is 2.18. The van der Waals surface area contributed by atoms with Crippen molar-refractivity contribution in [1.29, 1.82) is 0 Å². The van der Waals surface area contributed by atoms with Gasteiger partial charge < -0.3 is 9.15 Å². The molecule has 0 fully saturated rings. The Morgan fingerprint density at radius 3 is 2.72 bits per heavy atom. The minimum atomic E-state index is -0.0917. The van der Waals surface area contributed by atoms with E-state index in [-0.39, 0.29) is 5.78 Å². The lowest BCUT2D eigenvalue weighted by Gasteiger charge is -2.09. The molecular formula is C14H13BrO3. The number of benzene rings is 1. The monoisotopic (exact) mass is 308 g/mol. The highest BCUT2D eigenvalue weighted by Crippen LogP contribution is 2.27. The Kier molecular flexibility index (Phi) is 3.87. The third-order valence-corrected chi connectivity index (χ3v) is 3.08. The van der Waals surface area contributed by atoms with Gasteiger partial charge in [-0.25, -0.2) is 0 Å². The van der Waals surface area contributed by atoms with Gasteiger partial charge in [-0.05, 0) is 38.1 Å². The number of rotatable bonds is 4. The molecule has 94 valence electrons. The molecule has 0 unspecified atom stereocenters. The molecule has 0 saturated heterocycles. The van der Waals surface area contributed by atoms with Crippen LogP contribution in [0.25, 0.3) is 0 Å². The topological polar surface area (TPSA) is 39.4 Å². The maximum absolute atomic E-state index is 12.4. The number of hydrogen-bond donors (Lipinski definition) is 0. The van der Waals surface area contributed by atoms with Gasteiger partial charge >= 0.3 is 0 Å². The van der Waals surface area contributed by atoms with Gasteiger partial charge in [-0.1, -0.05) is 15.9 Å². The summed E-state index contributed by atoms with van der Waals surface area (Å²) in [5, 5.41) is 0. The van der Waals surface area contributed by atoms with E-state index < -0.39 is 0 Å². The molecule has 2 rings (SSSR count). The second kappa shape index (κ2) is 5.40. The number of carbonyl (C=O) groups excluding carboxylic acids is 1. The Morgan fingerprint density at radius 1 is 1.33 bits per heavy atom. The predicted molar refractivity (Wildman–Crippen MR) is 72.2 cm³/mol. The van der Waals surface area contributed by atoms with Crippen molar-refractivity contribution < 1.29 is 13.9 Å². The maximum atomic E-state index is 12.4. The third kappa shape index (κ3) is 2.48. The van der Waals surface area contributed by atoms with Crippen LogP contribution in [0.2, 0.25) is 0 Å². The van der Waals surface area contributed by atoms with Crippen LogP contribution >= 0.6 is 15.9 Å². The number of carbonyl (C=O) groups is 1. The number of furan rings is 1. The highest BCUT2D eigenvalue weighted by atomic mass is 79.9. The molecule has 0 amide bonds. The first-order valence-electron chi connectivity index (χ1n) is 5.64. The van der Waals surface area contributed by atoms with Crippen molar-refractivity contribution in [1.82, 2.24) is 0 Å². The van der Waals surface area contributed by atoms with E-state index >= 15 is 0 Å². The molecule has 3 nitrogen and oxygen atoms in total. The van der Waals surface area contributed by atoms with Crippen molar-refractivity contribution in [2.75, 3.05) is 6.61 Å². The Balaban J connectivity index is 2.46. The van der Waals surface area contributed by atoms with E-state index in [1.54, 1.807) is 25.1 Å². The standard InChI is InChI=1S/C14H13BrO3/c1-3-17-13-5-4-10(15)8-12(13)14(16)11-6-7-18-9(11)2/h4-8H,3H2,1-2H3. The molecule has 0 aliphatic heterocycles. The molecule has 0 saturated carbocycles. The van der Waals surface area contributed by atoms with Gasteiger partial charge in [0.25, 0.3) is 0 Å². The van der Waals surface area contributed by atoms with Gasteiger partial charge in [-0.15, -0.1) is 0 Å². The van der Waals surface area contributed by atoms with Crippen LogP contribution in [-0.2, 0) is 0 Å². The second-order valence-corrected chi connectivity index (χ2v) is 4.71. The molecule has 1 aromatic heterocycles. The minimum Gasteiger partial charge on any atom is -0.493 e. The minimum absolute atomic E-state index is 0.0917. The fraction of sp³-hybridized carbons (Fsp3) is 0.214. The Bertz CT molecular complexity index is 572. The lowest BCUT2D eigenvalue weighted by Crippen LogP contribution is -2.05. The molecule has 0 atom stereocenters. The zero-order chi connectivity index (χ0) is 13.1. The molecule has 0 aliphatic rings. The summed E-state index contributed by atoms with van der Waals surface area (Å²) < 4.78 is 11.5. The van der Waals surface area contributed by atoms with E-state index in [9.17, 15) is 4.79 Å². The van der Waals surface area contributed by atoms with Crippen molar-refractivity contribution in [3.05, 3.63) is 51.9 Å². The molecule has 2 aromatic rings. The summed E-state index contributed by atoms with van der Waals surface area (Å²) in [6, 6.07) is 7.08. The van der Waals surface area contributed by atoms with Gasteiger partial charge in [0.1, 0.15) is 11.5 Å². The Labute approximate surface area is 114 Å². The highest BCUT2D eigenvalue weighted by molar-refractivity contribution is 9.10. The number of ketones is 1. The maximum Gasteiger partial charge on any atom is 0.200 e. The quantitative estimate of drug-likeness (QED) is 0.802. The Morgan fingerprint density at radius 2 is 2.11 bits per heavy atom. The summed E-state index contributed by atoms with van der Waals surface area (Å²) in [6.45, 7) is 4.18. The van der Waals surface area contributed by atoms with Crippen LogP contribution in [0.15, 0.2) is 39.4 Å². The fourth-order valence-corrected chi connectivity index (χ4v) is 2.09. The van der Waals surface area contributed by atoms with Crippen LogP contribution in [0.3, 0.4) is 0 Å². The lowest BCUT2D eigenvalue weighted by atomic mass is 10.0. The molecule has 0 radical (unpaired) electrons. The first kappa shape index (κ1) is 12.9. The van der Waals surface area contributed by atoms with E-state index in [0.717, 1.165) is 4.47 Å². The van der Waals surface area contributed by atoms with E-state index in [2.05, 4.69) is 15.9 Å². The van der Waals surface area contributed by atoms with Crippen molar-refractivity contribution in [2.24, 2.45) is 0 Å². The van der Waals surface area contributed by atoms with Crippen LogP contribution < -0.4 is 4.74 Å². The van der Waals surface area contributed by atoms with E-state index in [4.69, 9.17) is 9.15 Å². The zero-order valence-corrected chi connectivity index (χ0v) is 11.8. The SMILES string of the molecule is CCOc1ccc(Br)cc1C(=O)c1ccoc1C. The van der Waals surface area contributed by atoms with Gasteiger partial charge in [0.2, 0.25) is 0 Å². The predicted octanol–water partition coefficient (Wildman–Crippen LogP) is 3.98. The molecular weight excluding hydrogens is 296 g/mol. The van der Waals surface area contributed by atoms with Gasteiger partial charge in [-0.2, -0.15) is 0 Å². The average molecular weight is 309 g/mol. The van der Waals surface area contributed by atoms with Crippen LogP contribution in [-0.4, -0.2) is 12.4 Å². The first-order chi connectivity index (χ1) is 8.63. The van der Waals surface area contributed by atoms with Crippen LogP contribution in [0.4, 0.5) is 0 Å².